The van der Waals surface area contributed by atoms with Crippen molar-refractivity contribution in [1.82, 2.24) is 25.2 Å². The van der Waals surface area contributed by atoms with Crippen molar-refractivity contribution in [2.24, 2.45) is 5.92 Å². The lowest BCUT2D eigenvalue weighted by molar-refractivity contribution is -0.0632. The number of likely N-dealkylation sites (tertiary alicyclic amines) is 1. The Balaban J connectivity index is 1.18. The number of benzene rings is 1. The summed E-state index contributed by atoms with van der Waals surface area (Å²) in [4.78, 5) is 31.2. The van der Waals surface area contributed by atoms with Crippen LogP contribution in [0.1, 0.15) is 60.5 Å². The first-order valence-corrected chi connectivity index (χ1v) is 13.9. The molecular weight excluding hydrogens is 502 g/mol. The van der Waals surface area contributed by atoms with Gasteiger partial charge in [0.1, 0.15) is 5.82 Å². The van der Waals surface area contributed by atoms with Crippen molar-refractivity contribution in [2.75, 3.05) is 44.2 Å². The van der Waals surface area contributed by atoms with Crippen molar-refractivity contribution in [3.05, 3.63) is 53.9 Å². The van der Waals surface area contributed by atoms with Crippen LogP contribution in [-0.4, -0.2) is 71.0 Å². The molecule has 0 radical (unpaired) electrons. The van der Waals surface area contributed by atoms with Crippen molar-refractivity contribution in [2.45, 2.75) is 50.5 Å². The number of ether oxygens (including phenoxy) is 1. The highest BCUT2D eigenvalue weighted by Crippen LogP contribution is 2.33. The van der Waals surface area contributed by atoms with E-state index in [1.807, 2.05) is 29.2 Å². The molecule has 206 valence electrons. The first kappa shape index (κ1) is 25.9. The molecule has 1 saturated carbocycles. The number of nitrogens with zero attached hydrogens (tertiary/aromatic N) is 5. The molecule has 3 fully saturated rings. The second-order valence-electron chi connectivity index (χ2n) is 10.9. The van der Waals surface area contributed by atoms with Gasteiger partial charge in [-0.2, -0.15) is 0 Å². The van der Waals surface area contributed by atoms with Crippen molar-refractivity contribution < 1.29 is 18.3 Å². The molecule has 1 amide bonds. The lowest BCUT2D eigenvalue weighted by Crippen LogP contribution is -2.45. The van der Waals surface area contributed by atoms with E-state index in [0.717, 1.165) is 35.4 Å². The maximum Gasteiger partial charge on any atom is 0.316 e. The third kappa shape index (κ3) is 6.11. The number of alkyl halides is 2. The number of hydrogen-bond acceptors (Lipinski definition) is 7. The number of carbonyl (C=O) groups excluding carboxylic acids is 1. The summed E-state index contributed by atoms with van der Waals surface area (Å²) >= 11 is 0. The summed E-state index contributed by atoms with van der Waals surface area (Å²) in [7, 11) is 0. The first-order chi connectivity index (χ1) is 18.9. The van der Waals surface area contributed by atoms with Gasteiger partial charge in [0, 0.05) is 74.5 Å². The average molecular weight is 537 g/mol. The molecule has 2 aliphatic heterocycles. The van der Waals surface area contributed by atoms with Gasteiger partial charge in [-0.3, -0.25) is 9.69 Å². The maximum atomic E-state index is 13.9. The molecule has 10 heteroatoms. The average Bonchev–Trinajstić information content (AvgIpc) is 3.62. The van der Waals surface area contributed by atoms with Gasteiger partial charge in [-0.25, -0.2) is 23.7 Å². The zero-order chi connectivity index (χ0) is 26.8. The summed E-state index contributed by atoms with van der Waals surface area (Å²) in [6.07, 6.45) is 7.61. The topological polar surface area (TPSA) is 83.5 Å². The Morgan fingerprint density at radius 1 is 1.05 bits per heavy atom. The molecule has 1 N–H and O–H groups in total. The Hall–Kier alpha value is -3.40. The number of aromatic nitrogens is 3. The Labute approximate surface area is 226 Å². The van der Waals surface area contributed by atoms with Crippen LogP contribution in [0.25, 0.3) is 10.9 Å². The Bertz CT molecular complexity index is 1300. The monoisotopic (exact) mass is 536 g/mol. The largest absolute Gasteiger partial charge is 0.463 e. The molecule has 3 aromatic rings. The maximum absolute atomic E-state index is 13.9. The van der Waals surface area contributed by atoms with E-state index in [4.69, 9.17) is 9.72 Å². The van der Waals surface area contributed by atoms with E-state index >= 15 is 0 Å². The van der Waals surface area contributed by atoms with Crippen LogP contribution in [0.5, 0.6) is 6.01 Å². The minimum absolute atomic E-state index is 0.213. The van der Waals surface area contributed by atoms with E-state index < -0.39 is 5.92 Å². The number of pyridine rings is 1. The summed E-state index contributed by atoms with van der Waals surface area (Å²) in [5, 5.41) is 3.83. The highest BCUT2D eigenvalue weighted by molar-refractivity contribution is 6.06. The first-order valence-electron chi connectivity index (χ1n) is 13.9. The van der Waals surface area contributed by atoms with Gasteiger partial charge in [0.2, 0.25) is 0 Å². The highest BCUT2D eigenvalue weighted by atomic mass is 19.3. The molecule has 1 aliphatic carbocycles. The van der Waals surface area contributed by atoms with Gasteiger partial charge in [-0.15, -0.1) is 0 Å². The van der Waals surface area contributed by atoms with Gasteiger partial charge in [-0.05, 0) is 55.9 Å². The normalized spacial score (nSPS) is 20.2. The lowest BCUT2D eigenvalue weighted by Gasteiger charge is -2.37. The fourth-order valence-electron chi connectivity index (χ4n) is 5.42. The van der Waals surface area contributed by atoms with Crippen molar-refractivity contribution in [3.8, 4) is 6.01 Å². The summed E-state index contributed by atoms with van der Waals surface area (Å²) in [5.41, 5.74) is 2.07. The molecule has 39 heavy (non-hydrogen) atoms. The van der Waals surface area contributed by atoms with Gasteiger partial charge < -0.3 is 15.0 Å². The van der Waals surface area contributed by atoms with Crippen LogP contribution >= 0.6 is 0 Å². The molecule has 0 spiro atoms. The fourth-order valence-corrected chi connectivity index (χ4v) is 5.42. The highest BCUT2D eigenvalue weighted by Gasteiger charge is 2.37. The summed E-state index contributed by atoms with van der Waals surface area (Å²) in [5.74, 6) is -1.37. The third-order valence-electron chi connectivity index (χ3n) is 8.00. The van der Waals surface area contributed by atoms with Crippen molar-refractivity contribution in [3.63, 3.8) is 0 Å². The predicted molar refractivity (Wildman–Crippen MR) is 144 cm³/mol. The zero-order valence-corrected chi connectivity index (χ0v) is 22.0. The molecule has 1 atom stereocenters. The third-order valence-corrected chi connectivity index (χ3v) is 8.00. The van der Waals surface area contributed by atoms with E-state index in [-0.39, 0.29) is 44.4 Å². The molecular formula is C29H34F2N6O2. The molecule has 3 aliphatic rings. The molecule has 2 saturated heterocycles. The fraction of sp³-hybridized carbons (Fsp3) is 0.517. The van der Waals surface area contributed by atoms with Gasteiger partial charge in [0.15, 0.2) is 0 Å². The Morgan fingerprint density at radius 3 is 2.51 bits per heavy atom. The van der Waals surface area contributed by atoms with Crippen LogP contribution in [-0.2, 0) is 0 Å². The van der Waals surface area contributed by atoms with Crippen LogP contribution in [0.3, 0.4) is 0 Å². The van der Waals surface area contributed by atoms with Crippen LogP contribution in [0.2, 0.25) is 0 Å². The molecule has 1 aromatic carbocycles. The van der Waals surface area contributed by atoms with Crippen LogP contribution < -0.4 is 15.0 Å². The number of fused-ring (bicyclic) bond motifs is 1. The number of hydrogen-bond donors (Lipinski definition) is 1. The summed E-state index contributed by atoms with van der Waals surface area (Å²) < 4.78 is 33.5. The number of anilines is 1. The van der Waals surface area contributed by atoms with Crippen LogP contribution in [0.15, 0.2) is 42.7 Å². The zero-order valence-electron chi connectivity index (χ0n) is 22.0. The predicted octanol–water partition coefficient (Wildman–Crippen LogP) is 4.62. The molecule has 8 nitrogen and oxygen atoms in total. The molecule has 0 bridgehead atoms. The Kier molecular flexibility index (Phi) is 7.29. The summed E-state index contributed by atoms with van der Waals surface area (Å²) in [6, 6.07) is 9.48. The second-order valence-corrected chi connectivity index (χ2v) is 10.9. The molecule has 2 aromatic heterocycles. The molecule has 4 heterocycles. The number of nitrogens with one attached hydrogen (secondary N) is 1. The van der Waals surface area contributed by atoms with E-state index in [1.165, 1.54) is 25.7 Å². The van der Waals surface area contributed by atoms with E-state index in [2.05, 4.69) is 20.2 Å². The Morgan fingerprint density at radius 2 is 1.79 bits per heavy atom. The number of halogens is 2. The summed E-state index contributed by atoms with van der Waals surface area (Å²) in [6.45, 7) is 3.31. The number of rotatable bonds is 9. The standard InChI is InChI=1S/C29H34F2N6O2/c30-29(31)10-14-36(15-11-29)25(21-16-33-28(34-17-21)39-19-20-6-7-20)18-32-27(38)23-4-3-5-24-22(23)8-9-26(35-24)37-12-1-2-13-37/h3-5,8-9,16-17,20,25H,1-2,6-7,10-15,18-19H2,(H,32,38). The number of carbonyl (C=O) groups is 1. The second kappa shape index (κ2) is 11.0. The van der Waals surface area contributed by atoms with E-state index in [9.17, 15) is 13.6 Å². The molecule has 1 unspecified atom stereocenters. The van der Waals surface area contributed by atoms with Gasteiger partial charge >= 0.3 is 6.01 Å². The SMILES string of the molecule is O=C(NCC(c1cnc(OCC2CC2)nc1)N1CCC(F)(F)CC1)c1cccc2nc(N3CCCC3)ccc12. The quantitative estimate of drug-likeness (QED) is 0.427. The smallest absolute Gasteiger partial charge is 0.316 e. The number of piperidine rings is 1. The van der Waals surface area contributed by atoms with Gasteiger partial charge in [0.25, 0.3) is 11.8 Å². The van der Waals surface area contributed by atoms with Crippen LogP contribution in [0.4, 0.5) is 14.6 Å². The van der Waals surface area contributed by atoms with E-state index in [0.29, 0.717) is 24.1 Å². The van der Waals surface area contributed by atoms with Gasteiger partial charge in [0.05, 0.1) is 18.2 Å². The molecule has 6 rings (SSSR count). The lowest BCUT2D eigenvalue weighted by atomic mass is 10.0. The van der Waals surface area contributed by atoms with Crippen molar-refractivity contribution in [1.29, 1.82) is 0 Å². The van der Waals surface area contributed by atoms with Crippen LogP contribution in [0, 0.1) is 5.92 Å². The van der Waals surface area contributed by atoms with Crippen molar-refractivity contribution >= 4 is 22.6 Å². The minimum Gasteiger partial charge on any atom is -0.463 e. The van der Waals surface area contributed by atoms with Gasteiger partial charge in [-0.1, -0.05) is 6.07 Å². The minimum atomic E-state index is -2.66. The number of amides is 1. The van der Waals surface area contributed by atoms with E-state index in [1.54, 1.807) is 18.5 Å².